The molecular formula is C23H37BN8O2. The average Bonchev–Trinajstić information content (AvgIpc) is 3.24. The molecule has 3 N–H and O–H groups in total. The summed E-state index contributed by atoms with van der Waals surface area (Å²) >= 11 is 0. The first-order valence-corrected chi connectivity index (χ1v) is 10.9. The maximum atomic E-state index is 9.92. The van der Waals surface area contributed by atoms with E-state index in [1.54, 1.807) is 24.5 Å². The lowest BCUT2D eigenvalue weighted by atomic mass is 10.2. The number of imidazole rings is 1. The number of amides is 1. The topological polar surface area (TPSA) is 122 Å². The highest BCUT2D eigenvalue weighted by Gasteiger charge is 2.01. The normalized spacial score (nSPS) is 9.74. The summed E-state index contributed by atoms with van der Waals surface area (Å²) in [5.74, 6) is 0.400. The fourth-order valence-electron chi connectivity index (χ4n) is 2.54. The number of aryl methyl sites for hydroxylation is 1. The van der Waals surface area contributed by atoms with Crippen molar-refractivity contribution < 1.29 is 9.59 Å². The Morgan fingerprint density at radius 2 is 1.65 bits per heavy atom. The first-order valence-electron chi connectivity index (χ1n) is 10.9. The predicted octanol–water partition coefficient (Wildman–Crippen LogP) is 1.96. The van der Waals surface area contributed by atoms with E-state index < -0.39 is 0 Å². The molecule has 0 saturated carbocycles. The van der Waals surface area contributed by atoms with Gasteiger partial charge in [0.15, 0.2) is 11.5 Å². The van der Waals surface area contributed by atoms with Gasteiger partial charge in [-0.3, -0.25) is 4.79 Å². The minimum Gasteiger partial charge on any atom is -0.396 e. The minimum absolute atomic E-state index is 0.400. The minimum atomic E-state index is 0.400. The van der Waals surface area contributed by atoms with Crippen molar-refractivity contribution in [3.8, 4) is 0 Å². The summed E-state index contributed by atoms with van der Waals surface area (Å²) in [5.41, 5.74) is 7.85. The Labute approximate surface area is 204 Å². The quantitative estimate of drug-likeness (QED) is 0.361. The molecule has 0 bridgehead atoms. The number of nitrogens with zero attached hydrogens (tertiary/aromatic N) is 6. The number of pyridine rings is 2. The molecule has 10 nitrogen and oxygen atoms in total. The molecule has 3 aromatic heterocycles. The Kier molecular flexibility index (Phi) is 17.3. The lowest BCUT2D eigenvalue weighted by molar-refractivity contribution is -0.108. The summed E-state index contributed by atoms with van der Waals surface area (Å²) in [6.07, 6.45) is 8.45. The zero-order valence-electron chi connectivity index (χ0n) is 20.9. The van der Waals surface area contributed by atoms with Crippen molar-refractivity contribution in [2.75, 3.05) is 52.3 Å². The number of rotatable bonds is 9. The van der Waals surface area contributed by atoms with E-state index in [1.165, 1.54) is 6.82 Å². The molecule has 0 saturated heterocycles. The second kappa shape index (κ2) is 19.2. The Hall–Kier alpha value is -3.31. The number of aldehydes is 1. The number of nitrogen functional groups attached to an aromatic ring is 1. The molecule has 0 atom stereocenters. The third kappa shape index (κ3) is 13.3. The summed E-state index contributed by atoms with van der Waals surface area (Å²) in [4.78, 5) is 36.0. The standard InChI is InChI=1S/C11H16N4.C6H7N3O.C5H11NO.CH3B/c1-14(2)7-4-8-15-9-13-11-10(15)5-3-6-12-11;7-5-2-1-3-8-6(5)9-4-10;1-6(2)4-3-5-7;1-2/h3,5-6,9H,4,7-8H2,1-2H3;1-4H,7H2,(H,8,9,10);5H,3-4H2,1-2H3;1H3. The molecule has 0 aliphatic carbocycles. The van der Waals surface area contributed by atoms with Gasteiger partial charge in [-0.05, 0) is 65.4 Å². The lowest BCUT2D eigenvalue weighted by Gasteiger charge is -2.09. The second-order valence-electron chi connectivity index (χ2n) is 7.40. The molecule has 0 aromatic carbocycles. The van der Waals surface area contributed by atoms with Crippen molar-refractivity contribution in [3.63, 3.8) is 0 Å². The van der Waals surface area contributed by atoms with Crippen LogP contribution in [0.1, 0.15) is 12.8 Å². The van der Waals surface area contributed by atoms with Crippen LogP contribution in [0.4, 0.5) is 11.5 Å². The van der Waals surface area contributed by atoms with Crippen LogP contribution in [-0.2, 0) is 16.1 Å². The third-order valence-electron chi connectivity index (χ3n) is 4.13. The van der Waals surface area contributed by atoms with Crippen molar-refractivity contribution in [1.29, 1.82) is 0 Å². The number of fused-ring (bicyclic) bond motifs is 1. The highest BCUT2D eigenvalue weighted by atomic mass is 16.1. The molecule has 34 heavy (non-hydrogen) atoms. The van der Waals surface area contributed by atoms with Crippen LogP contribution >= 0.6 is 0 Å². The number of nitrogens with one attached hydrogen (secondary N) is 1. The van der Waals surface area contributed by atoms with Crippen molar-refractivity contribution >= 4 is 43.2 Å². The number of hydrogen-bond acceptors (Lipinski definition) is 8. The van der Waals surface area contributed by atoms with Crippen LogP contribution in [0, 0.1) is 0 Å². The van der Waals surface area contributed by atoms with Crippen LogP contribution in [-0.4, -0.2) is 91.1 Å². The molecule has 11 heteroatoms. The summed E-state index contributed by atoms with van der Waals surface area (Å²) < 4.78 is 2.16. The van der Waals surface area contributed by atoms with Gasteiger partial charge in [0.05, 0.1) is 25.4 Å². The molecule has 0 fully saturated rings. The summed E-state index contributed by atoms with van der Waals surface area (Å²) in [6.45, 7) is 4.46. The monoisotopic (exact) mass is 468 g/mol. The number of aromatic nitrogens is 4. The van der Waals surface area contributed by atoms with Gasteiger partial charge in [-0.1, -0.05) is 6.82 Å². The van der Waals surface area contributed by atoms with Gasteiger partial charge < -0.3 is 30.2 Å². The molecule has 184 valence electrons. The van der Waals surface area contributed by atoms with Gasteiger partial charge in [-0.25, -0.2) is 15.0 Å². The number of carbonyl (C=O) groups is 2. The highest BCUT2D eigenvalue weighted by Crippen LogP contribution is 2.11. The van der Waals surface area contributed by atoms with E-state index in [0.717, 1.165) is 43.5 Å². The van der Waals surface area contributed by atoms with Gasteiger partial charge in [0, 0.05) is 31.9 Å². The molecule has 2 radical (unpaired) electrons. The Bertz CT molecular complexity index is 934. The number of nitrogens with two attached hydrogens (primary N) is 1. The SMILES string of the molecule is CN(C)CCC=O.CN(C)CCCn1cnc2ncccc21.Nc1cccnc1NC=O.[B]C. The molecule has 0 unspecified atom stereocenters. The first-order chi connectivity index (χ1) is 16.4. The lowest BCUT2D eigenvalue weighted by Crippen LogP contribution is -2.14. The summed E-state index contributed by atoms with van der Waals surface area (Å²) in [5, 5.41) is 2.36. The van der Waals surface area contributed by atoms with Crippen LogP contribution in [0.15, 0.2) is 43.0 Å². The van der Waals surface area contributed by atoms with Gasteiger partial charge in [0.1, 0.15) is 6.29 Å². The number of carbonyl (C=O) groups excluding carboxylic acids is 2. The molecule has 3 rings (SSSR count). The summed E-state index contributed by atoms with van der Waals surface area (Å²) in [7, 11) is 12.6. The van der Waals surface area contributed by atoms with E-state index in [9.17, 15) is 9.59 Å². The van der Waals surface area contributed by atoms with E-state index in [2.05, 4.69) is 57.7 Å². The zero-order chi connectivity index (χ0) is 25.8. The van der Waals surface area contributed by atoms with Crippen molar-refractivity contribution in [3.05, 3.63) is 43.0 Å². The number of anilines is 2. The van der Waals surface area contributed by atoms with Crippen LogP contribution in [0.5, 0.6) is 0 Å². The van der Waals surface area contributed by atoms with E-state index in [1.807, 2.05) is 31.4 Å². The molecular weight excluding hydrogens is 431 g/mol. The highest BCUT2D eigenvalue weighted by molar-refractivity contribution is 6.05. The van der Waals surface area contributed by atoms with Gasteiger partial charge in [0.25, 0.3) is 0 Å². The Morgan fingerprint density at radius 3 is 2.21 bits per heavy atom. The van der Waals surface area contributed by atoms with Gasteiger partial charge in [0.2, 0.25) is 6.41 Å². The van der Waals surface area contributed by atoms with Crippen molar-refractivity contribution in [1.82, 2.24) is 29.3 Å². The molecule has 3 aromatic rings. The second-order valence-corrected chi connectivity index (χ2v) is 7.40. The molecule has 1 amide bonds. The van der Waals surface area contributed by atoms with Crippen LogP contribution < -0.4 is 11.1 Å². The van der Waals surface area contributed by atoms with Crippen molar-refractivity contribution in [2.24, 2.45) is 0 Å². The Balaban J connectivity index is 0.000000499. The maximum Gasteiger partial charge on any atom is 0.212 e. The van der Waals surface area contributed by atoms with Crippen LogP contribution in [0.25, 0.3) is 11.2 Å². The third-order valence-corrected chi connectivity index (χ3v) is 4.13. The molecule has 0 aliphatic heterocycles. The van der Waals surface area contributed by atoms with Crippen molar-refractivity contribution in [2.45, 2.75) is 26.2 Å². The average molecular weight is 468 g/mol. The predicted molar refractivity (Wildman–Crippen MR) is 140 cm³/mol. The van der Waals surface area contributed by atoms with E-state index in [-0.39, 0.29) is 0 Å². The van der Waals surface area contributed by atoms with E-state index in [4.69, 9.17) is 5.73 Å². The fraction of sp³-hybridized carbons (Fsp3) is 0.435. The largest absolute Gasteiger partial charge is 0.396 e. The fourth-order valence-corrected chi connectivity index (χ4v) is 2.54. The van der Waals surface area contributed by atoms with E-state index >= 15 is 0 Å². The molecule has 0 spiro atoms. The van der Waals surface area contributed by atoms with Gasteiger partial charge in [-0.2, -0.15) is 0 Å². The van der Waals surface area contributed by atoms with Crippen LogP contribution in [0.2, 0.25) is 6.82 Å². The maximum absolute atomic E-state index is 9.92. The van der Waals surface area contributed by atoms with Gasteiger partial charge >= 0.3 is 0 Å². The Morgan fingerprint density at radius 1 is 1.00 bits per heavy atom. The first kappa shape index (κ1) is 30.7. The molecule has 3 heterocycles. The smallest absolute Gasteiger partial charge is 0.212 e. The summed E-state index contributed by atoms with van der Waals surface area (Å²) in [6, 6.07) is 7.38. The molecule has 0 aliphatic rings. The van der Waals surface area contributed by atoms with E-state index in [0.29, 0.717) is 24.3 Å². The zero-order valence-corrected chi connectivity index (χ0v) is 20.9. The van der Waals surface area contributed by atoms with Gasteiger partial charge in [-0.15, -0.1) is 0 Å². The van der Waals surface area contributed by atoms with Crippen LogP contribution in [0.3, 0.4) is 0 Å². The number of hydrogen-bond donors (Lipinski definition) is 2.